The van der Waals surface area contributed by atoms with Crippen LogP contribution in [0.1, 0.15) is 22.3 Å². The van der Waals surface area contributed by atoms with E-state index in [4.69, 9.17) is 27.5 Å². The van der Waals surface area contributed by atoms with E-state index >= 15 is 0 Å². The minimum absolute atomic E-state index is 0. The van der Waals surface area contributed by atoms with Gasteiger partial charge in [0.2, 0.25) is 0 Å². The molecule has 0 bridgehead atoms. The summed E-state index contributed by atoms with van der Waals surface area (Å²) in [7, 11) is -25.3. The summed E-state index contributed by atoms with van der Waals surface area (Å²) in [5, 5.41) is 15.7. The predicted molar refractivity (Wildman–Crippen MR) is 659 cm³/mol. The fourth-order valence-electron chi connectivity index (χ4n) is 16.1. The van der Waals surface area contributed by atoms with Crippen LogP contribution < -0.4 is 76.1 Å². The van der Waals surface area contributed by atoms with Gasteiger partial charge in [0.1, 0.15) is 0 Å². The maximum atomic E-state index is 5.92. The van der Waals surface area contributed by atoms with Gasteiger partial charge in [0.05, 0.1) is 0 Å². The Labute approximate surface area is 980 Å². The van der Waals surface area contributed by atoms with Gasteiger partial charge in [0.25, 0.3) is 0 Å². The number of benzene rings is 16. The molecule has 0 aliphatic carbocycles. The normalized spacial score (nSPS) is 11.1. The predicted octanol–water partition coefficient (Wildman–Crippen LogP) is 28.9. The smallest absolute Gasteiger partial charge is 0.171 e. The average molecular weight is 2890 g/mol. The Kier molecular flexibility index (Phi) is 65.1. The molecule has 149 heavy (non-hydrogen) atoms. The molecule has 0 saturated heterocycles. The monoisotopic (exact) mass is 2880 g/mol. The molecular weight excluding hydrogens is 2740 g/mol. The van der Waals surface area contributed by atoms with Crippen LogP contribution in [0.25, 0.3) is 14.3 Å². The van der Waals surface area contributed by atoms with Crippen LogP contribution in [0.2, 0.25) is 118 Å². The van der Waals surface area contributed by atoms with E-state index in [0.717, 1.165) is 0 Å². The van der Waals surface area contributed by atoms with Crippen molar-refractivity contribution in [2.45, 2.75) is 146 Å². The largest absolute Gasteiger partial charge is 2.00 e. The van der Waals surface area contributed by atoms with Gasteiger partial charge in [-0.25, -0.2) is 0 Å². The van der Waals surface area contributed by atoms with Crippen molar-refractivity contribution in [3.63, 3.8) is 0 Å². The molecule has 788 valence electrons. The molecule has 0 unspecified atom stereocenters. The van der Waals surface area contributed by atoms with Crippen LogP contribution >= 0.6 is 42.3 Å². The van der Waals surface area contributed by atoms with Gasteiger partial charge in [0.15, 0.2) is 24.7 Å². The Morgan fingerprint density at radius 2 is 0.255 bits per heavy atom. The molecule has 0 N–H and O–H groups in total. The van der Waals surface area contributed by atoms with Crippen LogP contribution in [-0.2, 0) is 32.9 Å². The zero-order valence-corrected chi connectivity index (χ0v) is 115. The van der Waals surface area contributed by atoms with E-state index in [9.17, 15) is 0 Å². The molecule has 0 aliphatic heterocycles. The van der Waals surface area contributed by atoms with Gasteiger partial charge in [-0.2, -0.15) is 0 Å². The van der Waals surface area contributed by atoms with Crippen molar-refractivity contribution in [1.82, 2.24) is 0 Å². The summed E-state index contributed by atoms with van der Waals surface area (Å²) in [6, 6.07) is 173. The van der Waals surface area contributed by atoms with E-state index < -0.39 is 91.7 Å². The van der Waals surface area contributed by atoms with E-state index in [2.05, 4.69) is 575 Å². The van der Waals surface area contributed by atoms with Crippen LogP contribution in [0.15, 0.2) is 499 Å². The van der Waals surface area contributed by atoms with Crippen LogP contribution in [0.5, 0.6) is 0 Å². The Bertz CT molecular complexity index is 5800. The van der Waals surface area contributed by atoms with Crippen molar-refractivity contribution in [1.29, 1.82) is 0 Å². The summed E-state index contributed by atoms with van der Waals surface area (Å²) in [6.07, 6.45) is 0. The number of nitrogens with zero attached hydrogens (tertiary/aromatic N) is 6. The molecule has 0 fully saturated rings. The molecule has 0 radical (unpaired) electrons. The van der Waals surface area contributed by atoms with E-state index in [1.54, 1.807) is 0 Å². The molecule has 0 saturated carbocycles. The van der Waals surface area contributed by atoms with Gasteiger partial charge in [-0.15, -0.1) is 21.1 Å². The second-order valence-electron chi connectivity index (χ2n) is 40.7. The van der Waals surface area contributed by atoms with Crippen LogP contribution in [-0.4, -0.2) is 66.0 Å². The first-order chi connectivity index (χ1) is 66.2. The molecular formula is C121H149ClN6O6P6Si6U3-16. The first kappa shape index (κ1) is 142. The van der Waals surface area contributed by atoms with Crippen molar-refractivity contribution in [3.8, 4) is 0 Å². The Morgan fingerprint density at radius 3 is 0.336 bits per heavy atom. The standard InChI is InChI=1S/3C31H39N2P2Si2.4C7H8.ClH.6O.3U/c3*1-36(2,3)32-34(28-19-11-7-12-20-28,29-21-13-8-14-22-29)27-35(33-37(4,5)6,30-23-15-9-16-24-30)31-25-17-10-18-26-31;4*1-7-5-3-2-4-6-7;;;;;;;;;;/h3*7-27H,1-6H3;4*2-6H,1H3;1H;;;;;;;;;/q3*-1;;;;;;6*-2;;;/p-1. The van der Waals surface area contributed by atoms with Crippen molar-refractivity contribution in [2.24, 2.45) is 13.2 Å². The third-order valence-corrected chi connectivity index (χ3v) is 64.3. The summed E-state index contributed by atoms with van der Waals surface area (Å²) in [6.45, 7) is 50.9. The summed E-state index contributed by atoms with van der Waals surface area (Å²) in [4.78, 5) is 0. The van der Waals surface area contributed by atoms with E-state index in [1.165, 1.54) is 85.9 Å². The van der Waals surface area contributed by atoms with Gasteiger partial charge < -0.3 is 72.8 Å². The SMILES string of the molecule is C[Si](C)(C)N=P(C=P([N-][Si](C)(C)C)(c1ccccc1)c1ccccc1)(c1ccccc1)c1ccccc1.C[Si](C)(C)N=P(C=P([N-][Si](C)(C)C)(c1ccccc1)c1ccccc1)(c1ccccc1)c1ccccc1.C[Si](C)(C)N=P(C=P([N-][Si](C)(C)C)(c1ccccc1)c1ccccc1)(c1ccccc1)c1ccccc1.Cc1ccccc1.Cc1ccccc1.Cc1ccccc1.Cc1ccccc1.[Cl-].[O-2].[O-2].[O-2].[O-2].[O-2].[O-2].[U].[U].[U]. The number of aryl methyl sites for hydroxylation is 4. The Balaban J connectivity index is 0.00000188. The van der Waals surface area contributed by atoms with Gasteiger partial charge >= 0.3 is 0 Å². The van der Waals surface area contributed by atoms with Gasteiger partial charge in [-0.3, -0.25) is 0 Å². The minimum Gasteiger partial charge on any atom is -2.00 e. The van der Waals surface area contributed by atoms with E-state index in [0.29, 0.717) is 0 Å². The van der Waals surface area contributed by atoms with Gasteiger partial charge in [-0.1, -0.05) is 667 Å². The summed E-state index contributed by atoms with van der Waals surface area (Å²) >= 11 is 0. The molecule has 0 heterocycles. The number of hydrogen-bond acceptors (Lipinski definition) is 3. The Morgan fingerprint density at radius 1 is 0.161 bits per heavy atom. The van der Waals surface area contributed by atoms with Gasteiger partial charge in [0, 0.05) is 115 Å². The maximum absolute atomic E-state index is 5.92. The molecule has 12 nitrogen and oxygen atoms in total. The van der Waals surface area contributed by atoms with Gasteiger partial charge in [-0.05, 0) is 91.3 Å². The zero-order valence-electron chi connectivity index (χ0n) is 90.6. The summed E-state index contributed by atoms with van der Waals surface area (Å²) < 4.78 is 35.5. The fraction of sp³-hybridized carbons (Fsp3) is 0.182. The minimum atomic E-state index is -2.32. The van der Waals surface area contributed by atoms with Crippen molar-refractivity contribution >= 4 is 172 Å². The maximum Gasteiger partial charge on any atom is 0.171 e. The van der Waals surface area contributed by atoms with Crippen LogP contribution in [0.3, 0.4) is 0 Å². The number of rotatable bonds is 24. The average Bonchev–Trinajstić information content (AvgIpc) is 0.738. The molecule has 0 atom stereocenters. The van der Waals surface area contributed by atoms with Crippen molar-refractivity contribution in [2.75, 3.05) is 0 Å². The molecule has 28 heteroatoms. The van der Waals surface area contributed by atoms with Crippen LogP contribution in [0, 0.1) is 121 Å². The fourth-order valence-corrected chi connectivity index (χ4v) is 69.9. The Hall–Kier alpha value is -6.50. The molecule has 0 spiro atoms. The summed E-state index contributed by atoms with van der Waals surface area (Å²) in [5.74, 6) is 0. The van der Waals surface area contributed by atoms with Crippen molar-refractivity contribution in [3.05, 3.63) is 522 Å². The number of halogens is 1. The molecule has 0 amide bonds. The third-order valence-electron chi connectivity index (χ3n) is 21.3. The summed E-state index contributed by atoms with van der Waals surface area (Å²) in [5.41, 5.74) is 13.3. The topological polar surface area (TPSA) is 250 Å². The first-order valence-corrected chi connectivity index (χ1v) is 79.9. The molecule has 0 aliphatic rings. The van der Waals surface area contributed by atoms with Crippen molar-refractivity contribution < 1.29 is 139 Å². The molecule has 16 aromatic carbocycles. The number of hydrogen-bond donors (Lipinski definition) is 0. The van der Waals surface area contributed by atoms with E-state index in [-0.39, 0.29) is 139 Å². The second-order valence-corrected chi connectivity index (χ2v) is 88.8. The van der Waals surface area contributed by atoms with Crippen LogP contribution in [0.4, 0.5) is 0 Å². The third kappa shape index (κ3) is 45.0. The van der Waals surface area contributed by atoms with E-state index in [1.807, 2.05) is 72.8 Å². The first-order valence-electron chi connectivity index (χ1n) is 48.3. The molecule has 16 rings (SSSR count). The zero-order chi connectivity index (χ0) is 100. The molecule has 0 aromatic heterocycles. The molecule has 16 aromatic rings. The second kappa shape index (κ2) is 68.1. The quantitative estimate of drug-likeness (QED) is 0.0404.